The first kappa shape index (κ1) is 25.8. The van der Waals surface area contributed by atoms with Gasteiger partial charge in [-0.1, -0.05) is 0 Å². The molecule has 3 aromatic rings. The highest BCUT2D eigenvalue weighted by Gasteiger charge is 2.26. The Hall–Kier alpha value is -3.28. The molecule has 4 rings (SSSR count). The highest BCUT2D eigenvalue weighted by molar-refractivity contribution is 6.29. The van der Waals surface area contributed by atoms with E-state index in [1.165, 1.54) is 0 Å². The number of carbonyl (C=O) groups excluding carboxylic acids is 1. The van der Waals surface area contributed by atoms with Gasteiger partial charge in [0.05, 0.1) is 25.0 Å². The van der Waals surface area contributed by atoms with E-state index in [1.54, 1.807) is 30.2 Å². The molecule has 0 bridgehead atoms. The fourth-order valence-corrected chi connectivity index (χ4v) is 3.96. The van der Waals surface area contributed by atoms with Gasteiger partial charge in [0.25, 0.3) is 0 Å². The van der Waals surface area contributed by atoms with Crippen LogP contribution in [0.3, 0.4) is 0 Å². The monoisotopic (exact) mass is 518 g/mol. The van der Waals surface area contributed by atoms with Crippen LogP contribution in [0.4, 0.5) is 10.5 Å². The largest absolute Gasteiger partial charge is 0.497 e. The van der Waals surface area contributed by atoms with E-state index < -0.39 is 0 Å². The summed E-state index contributed by atoms with van der Waals surface area (Å²) in [5, 5.41) is 6.44. The second-order valence-corrected chi connectivity index (χ2v) is 8.79. The van der Waals surface area contributed by atoms with Crippen LogP contribution < -0.4 is 24.8 Å². The van der Waals surface area contributed by atoms with Gasteiger partial charge in [-0.3, -0.25) is 0 Å². The van der Waals surface area contributed by atoms with Crippen molar-refractivity contribution < 1.29 is 23.4 Å². The van der Waals surface area contributed by atoms with Crippen LogP contribution in [0.5, 0.6) is 17.4 Å². The number of anilines is 1. The number of furan rings is 1. The number of methoxy groups -OCH3 is 1. The molecule has 0 unspecified atom stereocenters. The van der Waals surface area contributed by atoms with Crippen LogP contribution >= 0.6 is 11.6 Å². The lowest BCUT2D eigenvalue weighted by Crippen LogP contribution is -2.48. The predicted octanol–water partition coefficient (Wildman–Crippen LogP) is 3.33. The van der Waals surface area contributed by atoms with Gasteiger partial charge in [0, 0.05) is 50.9 Å². The van der Waals surface area contributed by atoms with Crippen molar-refractivity contribution in [3.63, 3.8) is 0 Å². The van der Waals surface area contributed by atoms with Gasteiger partial charge in [-0.2, -0.15) is 4.98 Å². The van der Waals surface area contributed by atoms with Crippen LogP contribution in [0, 0.1) is 0 Å². The number of amides is 2. The number of urea groups is 1. The Morgan fingerprint density at radius 3 is 2.69 bits per heavy atom. The summed E-state index contributed by atoms with van der Waals surface area (Å²) in [7, 11) is 5.49. The SMILES string of the molecule is CCOc1nc2oc(Cl)cc2nc1-c1c(NC(=O)N2CCNCC2)cc(OC)cc1OCCN(C)C. The molecule has 0 saturated carbocycles. The van der Waals surface area contributed by atoms with Crippen molar-refractivity contribution in [3.8, 4) is 28.6 Å². The minimum Gasteiger partial charge on any atom is -0.497 e. The molecule has 0 spiro atoms. The highest BCUT2D eigenvalue weighted by Crippen LogP contribution is 2.44. The minimum atomic E-state index is -0.233. The van der Waals surface area contributed by atoms with Gasteiger partial charge in [0.1, 0.15) is 29.3 Å². The van der Waals surface area contributed by atoms with Crippen molar-refractivity contribution in [1.29, 1.82) is 0 Å². The third kappa shape index (κ3) is 5.92. The molecule has 1 fully saturated rings. The van der Waals surface area contributed by atoms with E-state index in [2.05, 4.69) is 15.6 Å². The number of fused-ring (bicyclic) bond motifs is 1. The number of ether oxygens (including phenoxy) is 3. The van der Waals surface area contributed by atoms with E-state index in [1.807, 2.05) is 25.9 Å². The molecule has 0 aliphatic carbocycles. The summed E-state index contributed by atoms with van der Waals surface area (Å²) in [6.45, 7) is 5.93. The van der Waals surface area contributed by atoms with Crippen molar-refractivity contribution in [1.82, 2.24) is 25.1 Å². The number of rotatable bonds is 9. The molecule has 2 N–H and O–H groups in total. The first-order valence-electron chi connectivity index (χ1n) is 11.8. The standard InChI is InChI=1S/C24H31ClN6O5/c1-5-34-23-21(27-17-14-19(25)36-22(17)29-23)20-16(28-24(32)31-8-6-26-7-9-31)12-15(33-4)13-18(20)35-11-10-30(2)3/h12-14,26H,5-11H2,1-4H3,(H,28,32). The van der Waals surface area contributed by atoms with E-state index in [0.29, 0.717) is 66.8 Å². The molecule has 2 amide bonds. The number of nitrogens with zero attached hydrogens (tertiary/aromatic N) is 4. The highest BCUT2D eigenvalue weighted by atomic mass is 35.5. The van der Waals surface area contributed by atoms with Crippen LogP contribution in [-0.2, 0) is 0 Å². The molecule has 1 aliphatic rings. The smallest absolute Gasteiger partial charge is 0.321 e. The maximum absolute atomic E-state index is 13.2. The van der Waals surface area contributed by atoms with E-state index in [0.717, 1.165) is 13.1 Å². The van der Waals surface area contributed by atoms with Gasteiger partial charge in [-0.25, -0.2) is 9.78 Å². The third-order valence-electron chi connectivity index (χ3n) is 5.57. The normalized spacial score (nSPS) is 13.8. The number of hydrogen-bond donors (Lipinski definition) is 2. The predicted molar refractivity (Wildman–Crippen MR) is 137 cm³/mol. The number of likely N-dealkylation sites (N-methyl/N-ethyl adjacent to an activating group) is 1. The van der Waals surface area contributed by atoms with Crippen molar-refractivity contribution >= 4 is 34.5 Å². The Bertz CT molecular complexity index is 1210. The first-order chi connectivity index (χ1) is 17.4. The Labute approximate surface area is 214 Å². The maximum atomic E-state index is 13.2. The second kappa shape index (κ2) is 11.6. The van der Waals surface area contributed by atoms with E-state index in [9.17, 15) is 4.79 Å². The molecule has 36 heavy (non-hydrogen) atoms. The zero-order chi connectivity index (χ0) is 25.7. The van der Waals surface area contributed by atoms with Crippen LogP contribution in [0.2, 0.25) is 5.22 Å². The first-order valence-corrected chi connectivity index (χ1v) is 12.1. The third-order valence-corrected chi connectivity index (χ3v) is 5.76. The van der Waals surface area contributed by atoms with Crippen molar-refractivity contribution in [2.75, 3.05) is 72.5 Å². The fourth-order valence-electron chi connectivity index (χ4n) is 3.78. The molecule has 1 aromatic carbocycles. The summed E-state index contributed by atoms with van der Waals surface area (Å²) in [6.07, 6.45) is 0. The molecule has 0 atom stereocenters. The van der Waals surface area contributed by atoms with E-state index in [4.69, 9.17) is 35.2 Å². The number of carbonyl (C=O) groups is 1. The molecule has 11 nitrogen and oxygen atoms in total. The topological polar surface area (TPSA) is 114 Å². The second-order valence-electron chi connectivity index (χ2n) is 8.42. The molecule has 194 valence electrons. The molecular weight excluding hydrogens is 488 g/mol. The number of aromatic nitrogens is 2. The van der Waals surface area contributed by atoms with E-state index >= 15 is 0 Å². The van der Waals surface area contributed by atoms with Crippen molar-refractivity contribution in [2.24, 2.45) is 0 Å². The average molecular weight is 519 g/mol. The molecule has 1 saturated heterocycles. The maximum Gasteiger partial charge on any atom is 0.321 e. The minimum absolute atomic E-state index is 0.161. The molecule has 2 aromatic heterocycles. The van der Waals surface area contributed by atoms with Gasteiger partial charge in [0.15, 0.2) is 5.22 Å². The van der Waals surface area contributed by atoms with Gasteiger partial charge in [0.2, 0.25) is 11.6 Å². The van der Waals surface area contributed by atoms with E-state index in [-0.39, 0.29) is 22.8 Å². The molecule has 1 aliphatic heterocycles. The zero-order valence-electron chi connectivity index (χ0n) is 20.9. The molecule has 3 heterocycles. The van der Waals surface area contributed by atoms with Crippen LogP contribution in [0.1, 0.15) is 6.92 Å². The van der Waals surface area contributed by atoms with Gasteiger partial charge in [-0.15, -0.1) is 0 Å². The Morgan fingerprint density at radius 2 is 2.00 bits per heavy atom. The van der Waals surface area contributed by atoms with Crippen molar-refractivity contribution in [2.45, 2.75) is 6.92 Å². The summed E-state index contributed by atoms with van der Waals surface area (Å²) in [4.78, 5) is 26.2. The van der Waals surface area contributed by atoms with Crippen LogP contribution in [0.25, 0.3) is 22.5 Å². The number of hydrogen-bond acceptors (Lipinski definition) is 9. The average Bonchev–Trinajstić information content (AvgIpc) is 3.22. The van der Waals surface area contributed by atoms with Crippen molar-refractivity contribution in [3.05, 3.63) is 23.4 Å². The molecular formula is C24H31ClN6O5. The van der Waals surface area contributed by atoms with Gasteiger partial charge < -0.3 is 39.1 Å². The fraction of sp³-hybridized carbons (Fsp3) is 0.458. The lowest BCUT2D eigenvalue weighted by molar-refractivity contribution is 0.204. The Balaban J connectivity index is 1.86. The quantitative estimate of drug-likeness (QED) is 0.440. The van der Waals surface area contributed by atoms with Crippen LogP contribution in [0.15, 0.2) is 22.6 Å². The number of nitrogens with one attached hydrogen (secondary N) is 2. The molecule has 0 radical (unpaired) electrons. The lowest BCUT2D eigenvalue weighted by Gasteiger charge is -2.28. The molecule has 12 heteroatoms. The van der Waals surface area contributed by atoms with Crippen LogP contribution in [-0.4, -0.2) is 92.9 Å². The number of piperazine rings is 1. The number of benzene rings is 1. The van der Waals surface area contributed by atoms with Gasteiger partial charge >= 0.3 is 6.03 Å². The Kier molecular flexibility index (Phi) is 8.34. The summed E-state index contributed by atoms with van der Waals surface area (Å²) in [5.74, 6) is 1.22. The lowest BCUT2D eigenvalue weighted by atomic mass is 10.1. The summed E-state index contributed by atoms with van der Waals surface area (Å²) >= 11 is 6.07. The summed E-state index contributed by atoms with van der Waals surface area (Å²) in [5.41, 5.74) is 2.07. The summed E-state index contributed by atoms with van der Waals surface area (Å²) in [6, 6.07) is 4.84. The van der Waals surface area contributed by atoms with Gasteiger partial charge in [-0.05, 0) is 32.6 Å². The zero-order valence-corrected chi connectivity index (χ0v) is 21.6. The Morgan fingerprint density at radius 1 is 1.22 bits per heavy atom. The summed E-state index contributed by atoms with van der Waals surface area (Å²) < 4.78 is 23.0. The number of halogens is 1.